The van der Waals surface area contributed by atoms with E-state index in [9.17, 15) is 4.79 Å². The topological polar surface area (TPSA) is 41.1 Å². The summed E-state index contributed by atoms with van der Waals surface area (Å²) in [7, 11) is 0. The predicted octanol–water partition coefficient (Wildman–Crippen LogP) is 3.21. The van der Waals surface area contributed by atoms with E-state index in [1.807, 2.05) is 13.0 Å². The van der Waals surface area contributed by atoms with Gasteiger partial charge in [-0.1, -0.05) is 43.7 Å². The van der Waals surface area contributed by atoms with Gasteiger partial charge in [-0.3, -0.25) is 0 Å². The molecular formula is C16H24N2O. The molecule has 0 aromatic heterocycles. The zero-order chi connectivity index (χ0) is 13.7. The van der Waals surface area contributed by atoms with E-state index >= 15 is 0 Å². The summed E-state index contributed by atoms with van der Waals surface area (Å²) >= 11 is 0. The highest BCUT2D eigenvalue weighted by molar-refractivity contribution is 5.74. The molecule has 1 fully saturated rings. The molecule has 2 N–H and O–H groups in total. The molecule has 19 heavy (non-hydrogen) atoms. The number of hydrogen-bond acceptors (Lipinski definition) is 1. The minimum absolute atomic E-state index is 0.0449. The van der Waals surface area contributed by atoms with E-state index in [1.165, 1.54) is 24.8 Å². The summed E-state index contributed by atoms with van der Waals surface area (Å²) in [5.74, 6) is 0. The fourth-order valence-corrected chi connectivity index (χ4v) is 2.59. The molecule has 104 valence electrons. The van der Waals surface area contributed by atoms with Crippen molar-refractivity contribution in [1.82, 2.24) is 10.6 Å². The van der Waals surface area contributed by atoms with Crippen LogP contribution in [0.1, 0.15) is 45.1 Å². The van der Waals surface area contributed by atoms with Crippen LogP contribution in [0.25, 0.3) is 0 Å². The Kier molecular flexibility index (Phi) is 4.46. The maximum Gasteiger partial charge on any atom is 0.315 e. The Morgan fingerprint density at radius 1 is 1.32 bits per heavy atom. The fraction of sp³-hybridized carbons (Fsp3) is 0.562. The lowest BCUT2D eigenvalue weighted by Crippen LogP contribution is -2.49. The molecule has 2 rings (SSSR count). The van der Waals surface area contributed by atoms with E-state index in [1.54, 1.807) is 0 Å². The summed E-state index contributed by atoms with van der Waals surface area (Å²) in [5, 5.41) is 5.99. The summed E-state index contributed by atoms with van der Waals surface area (Å²) in [6.45, 7) is 4.83. The zero-order valence-corrected chi connectivity index (χ0v) is 11.9. The van der Waals surface area contributed by atoms with Gasteiger partial charge in [-0.2, -0.15) is 0 Å². The van der Waals surface area contributed by atoms with Crippen molar-refractivity contribution in [1.29, 1.82) is 0 Å². The van der Waals surface area contributed by atoms with Crippen LogP contribution in [0.3, 0.4) is 0 Å². The van der Waals surface area contributed by atoms with Crippen LogP contribution in [0.5, 0.6) is 0 Å². The molecule has 1 atom stereocenters. The number of nitrogens with one attached hydrogen (secondary N) is 2. The SMILES string of the molecule is CCC(C)NC(=O)NCC1(c2ccccc2)CCC1. The molecular weight excluding hydrogens is 236 g/mol. The molecule has 2 amide bonds. The van der Waals surface area contributed by atoms with Crippen molar-refractivity contribution < 1.29 is 4.79 Å². The lowest BCUT2D eigenvalue weighted by molar-refractivity contribution is 0.213. The molecule has 3 nitrogen and oxygen atoms in total. The van der Waals surface area contributed by atoms with Gasteiger partial charge in [0.25, 0.3) is 0 Å². The Morgan fingerprint density at radius 3 is 2.53 bits per heavy atom. The Hall–Kier alpha value is -1.51. The number of carbonyl (C=O) groups is 1. The monoisotopic (exact) mass is 260 g/mol. The molecule has 0 saturated heterocycles. The van der Waals surface area contributed by atoms with Gasteiger partial charge in [0.15, 0.2) is 0 Å². The lowest BCUT2D eigenvalue weighted by Gasteiger charge is -2.42. The number of amides is 2. The first-order valence-electron chi connectivity index (χ1n) is 7.26. The molecule has 1 aliphatic rings. The van der Waals surface area contributed by atoms with Gasteiger partial charge < -0.3 is 10.6 Å². The van der Waals surface area contributed by atoms with E-state index < -0.39 is 0 Å². The molecule has 1 unspecified atom stereocenters. The summed E-state index contributed by atoms with van der Waals surface area (Å²) in [4.78, 5) is 11.8. The molecule has 1 saturated carbocycles. The summed E-state index contributed by atoms with van der Waals surface area (Å²) in [5.41, 5.74) is 1.51. The molecule has 0 spiro atoms. The van der Waals surface area contributed by atoms with Crippen molar-refractivity contribution in [2.45, 2.75) is 51.0 Å². The Labute approximate surface area is 115 Å². The van der Waals surface area contributed by atoms with E-state index in [0.717, 1.165) is 13.0 Å². The minimum atomic E-state index is -0.0449. The van der Waals surface area contributed by atoms with Crippen LogP contribution >= 0.6 is 0 Å². The van der Waals surface area contributed by atoms with E-state index in [0.29, 0.717) is 0 Å². The fourth-order valence-electron chi connectivity index (χ4n) is 2.59. The smallest absolute Gasteiger partial charge is 0.315 e. The van der Waals surface area contributed by atoms with E-state index in [2.05, 4.69) is 41.8 Å². The van der Waals surface area contributed by atoms with Gasteiger partial charge in [-0.05, 0) is 31.7 Å². The van der Waals surface area contributed by atoms with Crippen LogP contribution in [-0.2, 0) is 5.41 Å². The highest BCUT2D eigenvalue weighted by atomic mass is 16.2. The predicted molar refractivity (Wildman–Crippen MR) is 78.3 cm³/mol. The molecule has 1 aromatic carbocycles. The third kappa shape index (κ3) is 3.28. The van der Waals surface area contributed by atoms with Crippen LogP contribution in [0.4, 0.5) is 4.79 Å². The Morgan fingerprint density at radius 2 is 2.00 bits per heavy atom. The first-order chi connectivity index (χ1) is 9.16. The maximum absolute atomic E-state index is 11.8. The van der Waals surface area contributed by atoms with Gasteiger partial charge in [0, 0.05) is 18.0 Å². The van der Waals surface area contributed by atoms with E-state index in [4.69, 9.17) is 0 Å². The van der Waals surface area contributed by atoms with Gasteiger partial charge in [-0.15, -0.1) is 0 Å². The summed E-state index contributed by atoms with van der Waals surface area (Å²) < 4.78 is 0. The Bertz CT molecular complexity index is 412. The average molecular weight is 260 g/mol. The summed E-state index contributed by atoms with van der Waals surface area (Å²) in [6, 6.07) is 10.7. The second kappa shape index (κ2) is 6.09. The number of urea groups is 1. The molecule has 0 aliphatic heterocycles. The number of carbonyl (C=O) groups excluding carboxylic acids is 1. The van der Waals surface area contributed by atoms with Gasteiger partial charge >= 0.3 is 6.03 Å². The third-order valence-electron chi connectivity index (χ3n) is 4.27. The molecule has 0 heterocycles. The molecule has 0 radical (unpaired) electrons. The molecule has 1 aliphatic carbocycles. The minimum Gasteiger partial charge on any atom is -0.337 e. The second-order valence-electron chi connectivity index (χ2n) is 5.64. The number of rotatable bonds is 5. The summed E-state index contributed by atoms with van der Waals surface area (Å²) in [6.07, 6.45) is 4.54. The van der Waals surface area contributed by atoms with Crippen molar-refractivity contribution in [2.24, 2.45) is 0 Å². The highest BCUT2D eigenvalue weighted by Gasteiger charge is 2.38. The average Bonchev–Trinajstić information content (AvgIpc) is 2.38. The van der Waals surface area contributed by atoms with Gasteiger partial charge in [-0.25, -0.2) is 4.79 Å². The second-order valence-corrected chi connectivity index (χ2v) is 5.64. The van der Waals surface area contributed by atoms with Crippen LogP contribution in [-0.4, -0.2) is 18.6 Å². The normalized spacial score (nSPS) is 18.2. The van der Waals surface area contributed by atoms with E-state index in [-0.39, 0.29) is 17.5 Å². The lowest BCUT2D eigenvalue weighted by atomic mass is 9.64. The first-order valence-corrected chi connectivity index (χ1v) is 7.26. The van der Waals surface area contributed by atoms with Gasteiger partial charge in [0.1, 0.15) is 0 Å². The standard InChI is InChI=1S/C16H24N2O/c1-3-13(2)18-15(19)17-12-16(10-7-11-16)14-8-5-4-6-9-14/h4-6,8-9,13H,3,7,10-12H2,1-2H3,(H2,17,18,19). The van der Waals surface area contributed by atoms with Crippen molar-refractivity contribution in [3.63, 3.8) is 0 Å². The van der Waals surface area contributed by atoms with Gasteiger partial charge in [0.2, 0.25) is 0 Å². The number of hydrogen-bond donors (Lipinski definition) is 2. The molecule has 1 aromatic rings. The maximum atomic E-state index is 11.8. The largest absolute Gasteiger partial charge is 0.337 e. The zero-order valence-electron chi connectivity index (χ0n) is 11.9. The number of benzene rings is 1. The Balaban J connectivity index is 1.92. The van der Waals surface area contributed by atoms with Crippen molar-refractivity contribution in [3.8, 4) is 0 Å². The first kappa shape index (κ1) is 13.9. The quantitative estimate of drug-likeness (QED) is 0.838. The third-order valence-corrected chi connectivity index (χ3v) is 4.27. The molecule has 3 heteroatoms. The van der Waals surface area contributed by atoms with Crippen LogP contribution in [0.2, 0.25) is 0 Å². The highest BCUT2D eigenvalue weighted by Crippen LogP contribution is 2.43. The van der Waals surface area contributed by atoms with Crippen LogP contribution < -0.4 is 10.6 Å². The van der Waals surface area contributed by atoms with Gasteiger partial charge in [0.05, 0.1) is 0 Å². The van der Waals surface area contributed by atoms with Crippen molar-refractivity contribution in [2.75, 3.05) is 6.54 Å². The van der Waals surface area contributed by atoms with Crippen LogP contribution in [0.15, 0.2) is 30.3 Å². The molecule has 0 bridgehead atoms. The van der Waals surface area contributed by atoms with Crippen molar-refractivity contribution in [3.05, 3.63) is 35.9 Å². The van der Waals surface area contributed by atoms with Crippen LogP contribution in [0, 0.1) is 0 Å². The van der Waals surface area contributed by atoms with Crippen molar-refractivity contribution >= 4 is 6.03 Å².